The molecule has 1 aliphatic rings. The first kappa shape index (κ1) is 15.5. The lowest BCUT2D eigenvalue weighted by atomic mass is 9.85. The maximum atomic E-state index is 12.1. The van der Waals surface area contributed by atoms with Crippen molar-refractivity contribution in [1.29, 1.82) is 0 Å². The first-order chi connectivity index (χ1) is 11.2. The number of hydrogen-bond donors (Lipinski definition) is 0. The van der Waals surface area contributed by atoms with Crippen molar-refractivity contribution in [3.8, 4) is 5.75 Å². The minimum atomic E-state index is -0.00377. The lowest BCUT2D eigenvalue weighted by molar-refractivity contribution is -0.131. The number of rotatable bonds is 7. The molecule has 2 aromatic rings. The summed E-state index contributed by atoms with van der Waals surface area (Å²) in [6.07, 6.45) is 3.78. The number of carbonyl (C=O) groups excluding carboxylic acids is 1. The van der Waals surface area contributed by atoms with Gasteiger partial charge in [0.1, 0.15) is 5.75 Å². The van der Waals surface area contributed by atoms with Gasteiger partial charge in [0.2, 0.25) is 11.8 Å². The predicted molar refractivity (Wildman–Crippen MR) is 83.9 cm³/mol. The smallest absolute Gasteiger partial charge is 0.229 e. The van der Waals surface area contributed by atoms with Gasteiger partial charge in [-0.2, -0.15) is 4.98 Å². The SMILES string of the molecule is CN(Cc1noc(C2CCC2)n1)C(=O)CCOc1ccccc1. The highest BCUT2D eigenvalue weighted by atomic mass is 16.5. The van der Waals surface area contributed by atoms with Crippen LogP contribution in [-0.2, 0) is 11.3 Å². The maximum absolute atomic E-state index is 12.1. The molecule has 1 fully saturated rings. The summed E-state index contributed by atoms with van der Waals surface area (Å²) in [4.78, 5) is 18.1. The Bertz CT molecular complexity index is 638. The van der Waals surface area contributed by atoms with Crippen LogP contribution in [0.25, 0.3) is 0 Å². The zero-order chi connectivity index (χ0) is 16.1. The molecule has 1 aromatic heterocycles. The molecular formula is C17H21N3O3. The van der Waals surface area contributed by atoms with Gasteiger partial charge in [0.15, 0.2) is 5.82 Å². The minimum absolute atomic E-state index is 0.00377. The molecule has 0 unspecified atom stereocenters. The number of aromatic nitrogens is 2. The molecule has 0 spiro atoms. The highest BCUT2D eigenvalue weighted by Crippen LogP contribution is 2.35. The van der Waals surface area contributed by atoms with Crippen LogP contribution in [0.5, 0.6) is 5.75 Å². The molecule has 1 amide bonds. The molecule has 3 rings (SSSR count). The van der Waals surface area contributed by atoms with Crippen molar-refractivity contribution in [3.63, 3.8) is 0 Å². The third-order valence-electron chi connectivity index (χ3n) is 4.07. The van der Waals surface area contributed by atoms with Crippen molar-refractivity contribution in [1.82, 2.24) is 15.0 Å². The van der Waals surface area contributed by atoms with Crippen LogP contribution in [0.4, 0.5) is 0 Å². The number of carbonyl (C=O) groups is 1. The third kappa shape index (κ3) is 4.09. The largest absolute Gasteiger partial charge is 0.493 e. The van der Waals surface area contributed by atoms with E-state index in [4.69, 9.17) is 9.26 Å². The second-order valence-electron chi connectivity index (χ2n) is 5.84. The first-order valence-corrected chi connectivity index (χ1v) is 7.96. The lowest BCUT2D eigenvalue weighted by Gasteiger charge is -2.20. The van der Waals surface area contributed by atoms with Crippen molar-refractivity contribution in [2.45, 2.75) is 38.1 Å². The van der Waals surface area contributed by atoms with Crippen LogP contribution >= 0.6 is 0 Å². The molecule has 1 aromatic carbocycles. The fourth-order valence-corrected chi connectivity index (χ4v) is 2.42. The molecule has 6 heteroatoms. The molecule has 1 saturated carbocycles. The van der Waals surface area contributed by atoms with E-state index in [9.17, 15) is 4.79 Å². The Labute approximate surface area is 135 Å². The van der Waals surface area contributed by atoms with Gasteiger partial charge >= 0.3 is 0 Å². The van der Waals surface area contributed by atoms with E-state index in [2.05, 4.69) is 10.1 Å². The summed E-state index contributed by atoms with van der Waals surface area (Å²) in [5.74, 6) is 2.45. The standard InChI is InChI=1S/C17H21N3O3/c1-20(12-15-18-17(23-19-15)13-6-5-7-13)16(21)10-11-22-14-8-3-2-4-9-14/h2-4,8-9,13H,5-7,10-12H2,1H3. The Morgan fingerprint density at radius 2 is 2.13 bits per heavy atom. The van der Waals surface area contributed by atoms with Gasteiger partial charge in [0.25, 0.3) is 0 Å². The van der Waals surface area contributed by atoms with Gasteiger partial charge in [-0.3, -0.25) is 4.79 Å². The number of nitrogens with zero attached hydrogens (tertiary/aromatic N) is 3. The zero-order valence-electron chi connectivity index (χ0n) is 13.3. The summed E-state index contributed by atoms with van der Waals surface area (Å²) in [6, 6.07) is 9.47. The summed E-state index contributed by atoms with van der Waals surface area (Å²) in [6.45, 7) is 0.715. The number of amides is 1. The summed E-state index contributed by atoms with van der Waals surface area (Å²) in [5.41, 5.74) is 0. The molecule has 1 aliphatic carbocycles. The Kier molecular flexibility index (Phi) is 4.90. The van der Waals surface area contributed by atoms with E-state index in [0.717, 1.165) is 18.6 Å². The highest BCUT2D eigenvalue weighted by molar-refractivity contribution is 5.75. The minimum Gasteiger partial charge on any atom is -0.493 e. The average molecular weight is 315 g/mol. The molecule has 0 radical (unpaired) electrons. The quantitative estimate of drug-likeness (QED) is 0.786. The average Bonchev–Trinajstić information content (AvgIpc) is 2.94. The third-order valence-corrected chi connectivity index (χ3v) is 4.07. The monoisotopic (exact) mass is 315 g/mol. The summed E-state index contributed by atoms with van der Waals surface area (Å²) < 4.78 is 10.8. The van der Waals surface area contributed by atoms with Crippen LogP contribution in [0, 0.1) is 0 Å². The fraction of sp³-hybridized carbons (Fsp3) is 0.471. The maximum Gasteiger partial charge on any atom is 0.229 e. The van der Waals surface area contributed by atoms with Crippen molar-refractivity contribution in [2.24, 2.45) is 0 Å². The molecule has 1 heterocycles. The van der Waals surface area contributed by atoms with Crippen molar-refractivity contribution in [2.75, 3.05) is 13.7 Å². The van der Waals surface area contributed by atoms with Crippen LogP contribution < -0.4 is 4.74 Å². The van der Waals surface area contributed by atoms with Crippen molar-refractivity contribution < 1.29 is 14.1 Å². The van der Waals surface area contributed by atoms with Gasteiger partial charge in [-0.05, 0) is 25.0 Å². The number of para-hydroxylation sites is 1. The Balaban J connectivity index is 1.43. The summed E-state index contributed by atoms with van der Waals surface area (Å²) in [5, 5.41) is 3.96. The van der Waals surface area contributed by atoms with Gasteiger partial charge in [-0.15, -0.1) is 0 Å². The summed E-state index contributed by atoms with van der Waals surface area (Å²) in [7, 11) is 1.74. The Morgan fingerprint density at radius 3 is 2.83 bits per heavy atom. The van der Waals surface area contributed by atoms with E-state index in [0.29, 0.717) is 37.2 Å². The van der Waals surface area contributed by atoms with Crippen LogP contribution in [0.1, 0.15) is 43.3 Å². The topological polar surface area (TPSA) is 68.5 Å². The Morgan fingerprint density at radius 1 is 1.35 bits per heavy atom. The van der Waals surface area contributed by atoms with Crippen LogP contribution in [0.2, 0.25) is 0 Å². The van der Waals surface area contributed by atoms with E-state index < -0.39 is 0 Å². The molecule has 6 nitrogen and oxygen atoms in total. The number of ether oxygens (including phenoxy) is 1. The second kappa shape index (κ2) is 7.26. The van der Waals surface area contributed by atoms with E-state index in [1.165, 1.54) is 6.42 Å². The van der Waals surface area contributed by atoms with E-state index in [1.54, 1.807) is 11.9 Å². The molecular weight excluding hydrogens is 294 g/mol. The first-order valence-electron chi connectivity index (χ1n) is 7.96. The molecule has 0 saturated heterocycles. The van der Waals surface area contributed by atoms with Gasteiger partial charge in [-0.1, -0.05) is 29.8 Å². The Hall–Kier alpha value is -2.37. The van der Waals surface area contributed by atoms with Crippen molar-refractivity contribution in [3.05, 3.63) is 42.0 Å². The molecule has 0 bridgehead atoms. The molecule has 122 valence electrons. The van der Waals surface area contributed by atoms with Crippen LogP contribution in [0.15, 0.2) is 34.9 Å². The molecule has 0 atom stereocenters. The molecule has 0 N–H and O–H groups in total. The van der Waals surface area contributed by atoms with Crippen LogP contribution in [0.3, 0.4) is 0 Å². The van der Waals surface area contributed by atoms with Gasteiger partial charge in [-0.25, -0.2) is 0 Å². The van der Waals surface area contributed by atoms with E-state index in [1.807, 2.05) is 30.3 Å². The molecule has 0 aliphatic heterocycles. The van der Waals surface area contributed by atoms with Gasteiger partial charge in [0.05, 0.1) is 19.6 Å². The van der Waals surface area contributed by atoms with Crippen LogP contribution in [-0.4, -0.2) is 34.6 Å². The molecule has 23 heavy (non-hydrogen) atoms. The number of hydrogen-bond acceptors (Lipinski definition) is 5. The normalized spacial score (nSPS) is 14.3. The fourth-order valence-electron chi connectivity index (χ4n) is 2.42. The lowest BCUT2D eigenvalue weighted by Crippen LogP contribution is -2.28. The van der Waals surface area contributed by atoms with Gasteiger partial charge in [0, 0.05) is 13.0 Å². The van der Waals surface area contributed by atoms with E-state index in [-0.39, 0.29) is 5.91 Å². The number of benzene rings is 1. The van der Waals surface area contributed by atoms with Gasteiger partial charge < -0.3 is 14.2 Å². The summed E-state index contributed by atoms with van der Waals surface area (Å²) >= 11 is 0. The second-order valence-corrected chi connectivity index (χ2v) is 5.84. The highest BCUT2D eigenvalue weighted by Gasteiger charge is 2.25. The van der Waals surface area contributed by atoms with E-state index >= 15 is 0 Å². The zero-order valence-corrected chi connectivity index (χ0v) is 13.3. The predicted octanol–water partition coefficient (Wildman–Crippen LogP) is 2.76. The van der Waals surface area contributed by atoms with Crippen molar-refractivity contribution >= 4 is 5.91 Å².